The van der Waals surface area contributed by atoms with Crippen LogP contribution in [0.3, 0.4) is 0 Å². The number of hydrogen-bond donors (Lipinski definition) is 0. The first-order chi connectivity index (χ1) is 8.31. The molecule has 17 heavy (non-hydrogen) atoms. The Labute approximate surface area is 100 Å². The summed E-state index contributed by atoms with van der Waals surface area (Å²) in [6, 6.07) is 9.14. The molecule has 2 aromatic rings. The van der Waals surface area contributed by atoms with E-state index in [1.165, 1.54) is 0 Å². The predicted molar refractivity (Wildman–Crippen MR) is 63.4 cm³/mol. The highest BCUT2D eigenvalue weighted by Gasteiger charge is 1.99. The molecule has 1 heterocycles. The van der Waals surface area contributed by atoms with E-state index in [-0.39, 0.29) is 0 Å². The van der Waals surface area contributed by atoms with Crippen LogP contribution in [0.15, 0.2) is 36.7 Å². The zero-order valence-electron chi connectivity index (χ0n) is 9.63. The van der Waals surface area contributed by atoms with Crippen LogP contribution in [0.25, 0.3) is 0 Å². The minimum Gasteiger partial charge on any atom is -0.489 e. The van der Waals surface area contributed by atoms with Gasteiger partial charge in [0.05, 0.1) is 17.8 Å². The van der Waals surface area contributed by atoms with Gasteiger partial charge in [0.25, 0.3) is 0 Å². The van der Waals surface area contributed by atoms with Gasteiger partial charge in [-0.15, -0.1) is 0 Å². The molecule has 4 heteroatoms. The SMILES string of the molecule is CCn1cc(COc2ccc(C#N)cc2)cn1. The maximum absolute atomic E-state index is 8.66. The number of hydrogen-bond acceptors (Lipinski definition) is 3. The molecule has 0 radical (unpaired) electrons. The average molecular weight is 227 g/mol. The normalized spacial score (nSPS) is 9.88. The molecule has 0 atom stereocenters. The van der Waals surface area contributed by atoms with E-state index in [0.717, 1.165) is 17.9 Å². The monoisotopic (exact) mass is 227 g/mol. The fraction of sp³-hybridized carbons (Fsp3) is 0.231. The Balaban J connectivity index is 1.95. The van der Waals surface area contributed by atoms with E-state index < -0.39 is 0 Å². The third kappa shape index (κ3) is 2.85. The van der Waals surface area contributed by atoms with Crippen LogP contribution in [0.1, 0.15) is 18.1 Å². The quantitative estimate of drug-likeness (QED) is 0.805. The van der Waals surface area contributed by atoms with Crippen molar-refractivity contribution >= 4 is 0 Å². The van der Waals surface area contributed by atoms with Crippen molar-refractivity contribution in [2.24, 2.45) is 0 Å². The van der Waals surface area contributed by atoms with Crippen LogP contribution in [0.2, 0.25) is 0 Å². The number of nitrogens with zero attached hydrogens (tertiary/aromatic N) is 3. The van der Waals surface area contributed by atoms with Crippen molar-refractivity contribution in [2.75, 3.05) is 0 Å². The van der Waals surface area contributed by atoms with Gasteiger partial charge < -0.3 is 4.74 Å². The summed E-state index contributed by atoms with van der Waals surface area (Å²) >= 11 is 0. The van der Waals surface area contributed by atoms with Crippen LogP contribution in [0.5, 0.6) is 5.75 Å². The average Bonchev–Trinajstić information content (AvgIpc) is 2.85. The number of benzene rings is 1. The smallest absolute Gasteiger partial charge is 0.119 e. The van der Waals surface area contributed by atoms with Gasteiger partial charge in [0.2, 0.25) is 0 Å². The predicted octanol–water partition coefficient (Wildman–Crippen LogP) is 2.35. The second kappa shape index (κ2) is 5.17. The Kier molecular flexibility index (Phi) is 3.41. The topological polar surface area (TPSA) is 50.8 Å². The number of rotatable bonds is 4. The summed E-state index contributed by atoms with van der Waals surface area (Å²) in [5.74, 6) is 0.758. The fourth-order valence-corrected chi connectivity index (χ4v) is 1.45. The molecule has 0 unspecified atom stereocenters. The number of aromatic nitrogens is 2. The lowest BCUT2D eigenvalue weighted by Crippen LogP contribution is -1.95. The second-order valence-corrected chi connectivity index (χ2v) is 3.63. The molecule has 0 aliphatic heterocycles. The van der Waals surface area contributed by atoms with Crippen LogP contribution in [0, 0.1) is 11.3 Å². The van der Waals surface area contributed by atoms with Gasteiger partial charge >= 0.3 is 0 Å². The van der Waals surface area contributed by atoms with Gasteiger partial charge in [-0.05, 0) is 31.2 Å². The van der Waals surface area contributed by atoms with E-state index in [9.17, 15) is 0 Å². The number of ether oxygens (including phenoxy) is 1. The molecule has 0 saturated heterocycles. The van der Waals surface area contributed by atoms with Crippen molar-refractivity contribution in [3.8, 4) is 11.8 Å². The number of aryl methyl sites for hydroxylation is 1. The van der Waals surface area contributed by atoms with E-state index in [2.05, 4.69) is 11.2 Å². The third-order valence-corrected chi connectivity index (χ3v) is 2.40. The van der Waals surface area contributed by atoms with Crippen molar-refractivity contribution in [2.45, 2.75) is 20.1 Å². The van der Waals surface area contributed by atoms with Crippen molar-refractivity contribution in [1.82, 2.24) is 9.78 Å². The Morgan fingerprint density at radius 1 is 1.35 bits per heavy atom. The summed E-state index contributed by atoms with van der Waals surface area (Å²) in [5.41, 5.74) is 1.67. The van der Waals surface area contributed by atoms with Gasteiger partial charge in [-0.3, -0.25) is 4.68 Å². The highest BCUT2D eigenvalue weighted by atomic mass is 16.5. The first kappa shape index (κ1) is 11.2. The number of nitriles is 1. The van der Waals surface area contributed by atoms with Gasteiger partial charge in [0.1, 0.15) is 12.4 Å². The maximum atomic E-state index is 8.66. The summed E-state index contributed by atoms with van der Waals surface area (Å²) < 4.78 is 7.45. The van der Waals surface area contributed by atoms with E-state index in [0.29, 0.717) is 12.2 Å². The summed E-state index contributed by atoms with van der Waals surface area (Å²) in [7, 11) is 0. The Bertz CT molecular complexity index is 522. The third-order valence-electron chi connectivity index (χ3n) is 2.40. The molecule has 1 aromatic heterocycles. The molecule has 2 rings (SSSR count). The molecule has 1 aromatic carbocycles. The first-order valence-electron chi connectivity index (χ1n) is 5.46. The Morgan fingerprint density at radius 3 is 2.71 bits per heavy atom. The molecule has 0 amide bonds. The molecule has 0 aliphatic carbocycles. The zero-order valence-corrected chi connectivity index (χ0v) is 9.63. The Morgan fingerprint density at radius 2 is 2.12 bits per heavy atom. The van der Waals surface area contributed by atoms with Crippen LogP contribution in [0.4, 0.5) is 0 Å². The van der Waals surface area contributed by atoms with Crippen LogP contribution < -0.4 is 4.74 Å². The Hall–Kier alpha value is -2.28. The lowest BCUT2D eigenvalue weighted by Gasteiger charge is -2.03. The molecule has 0 fully saturated rings. The highest BCUT2D eigenvalue weighted by Crippen LogP contribution is 2.13. The molecular formula is C13H13N3O. The van der Waals surface area contributed by atoms with E-state index in [1.54, 1.807) is 30.5 Å². The molecule has 0 spiro atoms. The van der Waals surface area contributed by atoms with Crippen LogP contribution >= 0.6 is 0 Å². The summed E-state index contributed by atoms with van der Waals surface area (Å²) in [5, 5.41) is 12.8. The van der Waals surface area contributed by atoms with Crippen LogP contribution in [-0.2, 0) is 13.2 Å². The second-order valence-electron chi connectivity index (χ2n) is 3.63. The van der Waals surface area contributed by atoms with Crippen molar-refractivity contribution in [3.63, 3.8) is 0 Å². The first-order valence-corrected chi connectivity index (χ1v) is 5.46. The molecule has 0 aliphatic rings. The zero-order chi connectivity index (χ0) is 12.1. The van der Waals surface area contributed by atoms with Gasteiger partial charge in [-0.1, -0.05) is 0 Å². The maximum Gasteiger partial charge on any atom is 0.119 e. The summed E-state index contributed by atoms with van der Waals surface area (Å²) in [6.07, 6.45) is 3.76. The molecule has 86 valence electrons. The van der Waals surface area contributed by atoms with Gasteiger partial charge in [0, 0.05) is 18.3 Å². The lowest BCUT2D eigenvalue weighted by atomic mass is 10.2. The van der Waals surface area contributed by atoms with Crippen LogP contribution in [-0.4, -0.2) is 9.78 Å². The van der Waals surface area contributed by atoms with E-state index in [4.69, 9.17) is 10.00 Å². The van der Waals surface area contributed by atoms with E-state index in [1.807, 2.05) is 17.8 Å². The van der Waals surface area contributed by atoms with Crippen molar-refractivity contribution in [1.29, 1.82) is 5.26 Å². The summed E-state index contributed by atoms with van der Waals surface area (Å²) in [4.78, 5) is 0. The molecular weight excluding hydrogens is 214 g/mol. The molecule has 4 nitrogen and oxygen atoms in total. The minimum atomic E-state index is 0.492. The van der Waals surface area contributed by atoms with Gasteiger partial charge in [-0.25, -0.2) is 0 Å². The lowest BCUT2D eigenvalue weighted by molar-refractivity contribution is 0.306. The molecule has 0 N–H and O–H groups in total. The standard InChI is InChI=1S/C13H13N3O/c1-2-16-9-12(8-15-16)10-17-13-5-3-11(7-14)4-6-13/h3-6,8-9H,2,10H2,1H3. The molecule has 0 bridgehead atoms. The van der Waals surface area contributed by atoms with Crippen molar-refractivity contribution < 1.29 is 4.74 Å². The van der Waals surface area contributed by atoms with E-state index >= 15 is 0 Å². The largest absolute Gasteiger partial charge is 0.489 e. The van der Waals surface area contributed by atoms with Gasteiger partial charge in [0.15, 0.2) is 0 Å². The van der Waals surface area contributed by atoms with Gasteiger partial charge in [-0.2, -0.15) is 10.4 Å². The minimum absolute atomic E-state index is 0.492. The summed E-state index contributed by atoms with van der Waals surface area (Å²) in [6.45, 7) is 3.39. The highest BCUT2D eigenvalue weighted by molar-refractivity contribution is 5.34. The fourth-order valence-electron chi connectivity index (χ4n) is 1.45. The molecule has 0 saturated carbocycles. The van der Waals surface area contributed by atoms with Crippen molar-refractivity contribution in [3.05, 3.63) is 47.8 Å².